The molecule has 41 heavy (non-hydrogen) atoms. The van der Waals surface area contributed by atoms with Gasteiger partial charge in [0, 0.05) is 50.2 Å². The van der Waals surface area contributed by atoms with Crippen LogP contribution in [0, 0.1) is 6.92 Å². The van der Waals surface area contributed by atoms with Gasteiger partial charge in [0.15, 0.2) is 0 Å². The molecule has 0 bridgehead atoms. The van der Waals surface area contributed by atoms with Gasteiger partial charge in [0.25, 0.3) is 5.91 Å². The summed E-state index contributed by atoms with van der Waals surface area (Å²) in [7, 11) is 1.57. The first-order chi connectivity index (χ1) is 19.5. The maximum atomic E-state index is 13.1. The van der Waals surface area contributed by atoms with Crippen LogP contribution in [-0.4, -0.2) is 54.7 Å². The van der Waals surface area contributed by atoms with E-state index in [2.05, 4.69) is 31.9 Å². The fraction of sp³-hybridized carbons (Fsp3) is 0.310. The number of benzene rings is 2. The van der Waals surface area contributed by atoms with Crippen LogP contribution in [0.5, 0.6) is 11.5 Å². The first-order valence-electron chi connectivity index (χ1n) is 13.0. The van der Waals surface area contributed by atoms with E-state index in [1.807, 2.05) is 18.2 Å². The van der Waals surface area contributed by atoms with Gasteiger partial charge in [-0.2, -0.15) is 5.10 Å². The van der Waals surface area contributed by atoms with Crippen LogP contribution >= 0.6 is 11.6 Å². The highest BCUT2D eigenvalue weighted by Gasteiger charge is 2.31. The van der Waals surface area contributed by atoms with Gasteiger partial charge in [0.1, 0.15) is 11.5 Å². The van der Waals surface area contributed by atoms with E-state index < -0.39 is 6.36 Å². The molecular weight excluding hydrogens is 559 g/mol. The summed E-state index contributed by atoms with van der Waals surface area (Å²) in [5, 5.41) is 7.95. The lowest BCUT2D eigenvalue weighted by atomic mass is 10.1. The van der Waals surface area contributed by atoms with Gasteiger partial charge < -0.3 is 24.6 Å². The molecule has 5 rings (SSSR count). The number of aromatic nitrogens is 2. The molecule has 4 aromatic rings. The number of hydrogen-bond acceptors (Lipinski definition) is 6. The molecule has 1 amide bonds. The van der Waals surface area contributed by atoms with E-state index in [1.165, 1.54) is 12.1 Å². The summed E-state index contributed by atoms with van der Waals surface area (Å²) in [4.78, 5) is 17.4. The molecule has 1 aliphatic rings. The van der Waals surface area contributed by atoms with E-state index in [-0.39, 0.29) is 24.2 Å². The minimum Gasteiger partial charge on any atom is -0.497 e. The highest BCUT2D eigenvalue weighted by atomic mass is 35.5. The zero-order valence-electron chi connectivity index (χ0n) is 22.7. The fourth-order valence-electron chi connectivity index (χ4n) is 5.14. The van der Waals surface area contributed by atoms with Gasteiger partial charge in [-0.25, -0.2) is 4.52 Å². The van der Waals surface area contributed by atoms with Crippen molar-refractivity contribution in [2.24, 2.45) is 0 Å². The SMILES string of the molecule is COc1ccn2nc(C)c(C(=O)NCc3ccc(N4CCN(c5ccc(OC(F)(F)F)cc5)[C@@H](C)C4)c(Cl)c3)c2c1. The van der Waals surface area contributed by atoms with Crippen molar-refractivity contribution in [3.63, 3.8) is 0 Å². The number of methoxy groups -OCH3 is 1. The molecule has 216 valence electrons. The van der Waals surface area contributed by atoms with E-state index >= 15 is 0 Å². The average Bonchev–Trinajstić information content (AvgIpc) is 3.26. The van der Waals surface area contributed by atoms with Gasteiger partial charge in [0.2, 0.25) is 0 Å². The second-order valence-electron chi connectivity index (χ2n) is 9.86. The van der Waals surface area contributed by atoms with E-state index in [4.69, 9.17) is 16.3 Å². The molecular formula is C29H29ClF3N5O3. The standard InChI is InChI=1S/C29H29ClF3N5O3/c1-18-17-36(12-13-37(18)21-5-7-22(8-6-21)41-29(31,32)33)25-9-4-20(14-24(25)30)16-34-28(39)27-19(2)35-38-11-10-23(40-3)15-26(27)38/h4-11,14-15,18H,12-13,16-17H2,1-3H3,(H,34,39)/t18-/m0/s1. The number of aryl methyl sites for hydroxylation is 1. The largest absolute Gasteiger partial charge is 0.573 e. The van der Waals surface area contributed by atoms with Crippen molar-refractivity contribution >= 4 is 34.4 Å². The van der Waals surface area contributed by atoms with Gasteiger partial charge in [-0.1, -0.05) is 17.7 Å². The summed E-state index contributed by atoms with van der Waals surface area (Å²) < 4.78 is 48.3. The highest BCUT2D eigenvalue weighted by Crippen LogP contribution is 2.32. The lowest BCUT2D eigenvalue weighted by Gasteiger charge is -2.42. The molecule has 1 saturated heterocycles. The summed E-state index contributed by atoms with van der Waals surface area (Å²) in [5.41, 5.74) is 4.32. The Morgan fingerprint density at radius 2 is 1.85 bits per heavy atom. The molecule has 1 aliphatic heterocycles. The Morgan fingerprint density at radius 1 is 1.10 bits per heavy atom. The van der Waals surface area contributed by atoms with E-state index in [0.29, 0.717) is 47.2 Å². The number of alkyl halides is 3. The predicted octanol–water partition coefficient (Wildman–Crippen LogP) is 5.85. The number of carbonyl (C=O) groups is 1. The van der Waals surface area contributed by atoms with Crippen LogP contribution in [0.4, 0.5) is 24.5 Å². The Kier molecular flexibility index (Phi) is 7.90. The van der Waals surface area contributed by atoms with Crippen molar-refractivity contribution in [1.82, 2.24) is 14.9 Å². The third-order valence-electron chi connectivity index (χ3n) is 7.08. The Bertz CT molecular complexity index is 1560. The third kappa shape index (κ3) is 6.30. The highest BCUT2D eigenvalue weighted by molar-refractivity contribution is 6.33. The third-order valence-corrected chi connectivity index (χ3v) is 7.38. The van der Waals surface area contributed by atoms with Crippen molar-refractivity contribution in [3.8, 4) is 11.5 Å². The monoisotopic (exact) mass is 587 g/mol. The van der Waals surface area contributed by atoms with Gasteiger partial charge in [-0.3, -0.25) is 4.79 Å². The van der Waals surface area contributed by atoms with Crippen LogP contribution in [0.2, 0.25) is 5.02 Å². The topological polar surface area (TPSA) is 71.3 Å². The lowest BCUT2D eigenvalue weighted by Crippen LogP contribution is -2.52. The van der Waals surface area contributed by atoms with Gasteiger partial charge >= 0.3 is 6.36 Å². The predicted molar refractivity (Wildman–Crippen MR) is 151 cm³/mol. The summed E-state index contributed by atoms with van der Waals surface area (Å²) in [6.45, 7) is 6.16. The number of rotatable bonds is 7. The Hall–Kier alpha value is -4.12. The first-order valence-corrected chi connectivity index (χ1v) is 13.4. The number of anilines is 2. The lowest BCUT2D eigenvalue weighted by molar-refractivity contribution is -0.274. The Morgan fingerprint density at radius 3 is 2.51 bits per heavy atom. The number of halogens is 4. The van der Waals surface area contributed by atoms with Crippen LogP contribution in [-0.2, 0) is 6.54 Å². The molecule has 8 nitrogen and oxygen atoms in total. The Labute approximate surface area is 240 Å². The smallest absolute Gasteiger partial charge is 0.497 e. The van der Waals surface area contributed by atoms with Crippen LogP contribution in [0.1, 0.15) is 28.5 Å². The number of amides is 1. The van der Waals surface area contributed by atoms with Crippen LogP contribution in [0.3, 0.4) is 0 Å². The number of nitrogens with one attached hydrogen (secondary N) is 1. The zero-order chi connectivity index (χ0) is 29.3. The van der Waals surface area contributed by atoms with Crippen LogP contribution < -0.4 is 24.6 Å². The molecule has 1 N–H and O–H groups in total. The minimum atomic E-state index is -4.72. The van der Waals surface area contributed by atoms with Crippen molar-refractivity contribution in [2.45, 2.75) is 32.8 Å². The van der Waals surface area contributed by atoms with Crippen molar-refractivity contribution in [2.75, 3.05) is 36.5 Å². The number of carbonyl (C=O) groups excluding carboxylic acids is 1. The number of nitrogens with zero attached hydrogens (tertiary/aromatic N) is 4. The number of ether oxygens (including phenoxy) is 2. The molecule has 3 heterocycles. The van der Waals surface area contributed by atoms with Crippen molar-refractivity contribution in [1.29, 1.82) is 0 Å². The number of fused-ring (bicyclic) bond motifs is 1. The van der Waals surface area contributed by atoms with E-state index in [1.54, 1.807) is 49.0 Å². The normalized spacial score (nSPS) is 15.7. The average molecular weight is 588 g/mol. The summed E-state index contributed by atoms with van der Waals surface area (Å²) >= 11 is 6.68. The maximum absolute atomic E-state index is 13.1. The summed E-state index contributed by atoms with van der Waals surface area (Å²) in [6.07, 6.45) is -2.97. The van der Waals surface area contributed by atoms with Crippen LogP contribution in [0.15, 0.2) is 60.8 Å². The molecule has 1 fully saturated rings. The number of piperazine rings is 1. The summed E-state index contributed by atoms with van der Waals surface area (Å²) in [5.74, 6) is 0.149. The van der Waals surface area contributed by atoms with Crippen molar-refractivity contribution < 1.29 is 27.4 Å². The molecule has 0 aliphatic carbocycles. The van der Waals surface area contributed by atoms with Crippen LogP contribution in [0.25, 0.3) is 5.52 Å². The molecule has 0 saturated carbocycles. The molecule has 1 atom stereocenters. The quantitative estimate of drug-likeness (QED) is 0.293. The van der Waals surface area contributed by atoms with Gasteiger partial charge in [-0.05, 0) is 61.9 Å². The Balaban J connectivity index is 1.21. The van der Waals surface area contributed by atoms with Gasteiger partial charge in [0.05, 0.1) is 34.6 Å². The van der Waals surface area contributed by atoms with Gasteiger partial charge in [-0.15, -0.1) is 13.2 Å². The maximum Gasteiger partial charge on any atom is 0.573 e. The molecule has 0 unspecified atom stereocenters. The van der Waals surface area contributed by atoms with E-state index in [0.717, 1.165) is 16.9 Å². The molecule has 2 aromatic heterocycles. The second kappa shape index (κ2) is 11.4. The number of pyridine rings is 1. The molecule has 12 heteroatoms. The second-order valence-corrected chi connectivity index (χ2v) is 10.3. The fourth-order valence-corrected chi connectivity index (χ4v) is 5.46. The van der Waals surface area contributed by atoms with Crippen molar-refractivity contribution in [3.05, 3.63) is 82.6 Å². The summed E-state index contributed by atoms with van der Waals surface area (Å²) in [6, 6.07) is 15.3. The molecule has 0 radical (unpaired) electrons. The minimum absolute atomic E-state index is 0.0841. The first kappa shape index (κ1) is 28.4. The molecule has 2 aromatic carbocycles. The van der Waals surface area contributed by atoms with E-state index in [9.17, 15) is 18.0 Å². The zero-order valence-corrected chi connectivity index (χ0v) is 23.5. The molecule has 0 spiro atoms. The number of hydrogen-bond donors (Lipinski definition) is 1.